The molecule has 0 atom stereocenters. The molecular weight excluding hydrogens is 313 g/mol. The average molecular weight is 334 g/mol. The number of benzene rings is 1. The Morgan fingerprint density at radius 2 is 1.88 bits per heavy atom. The highest BCUT2D eigenvalue weighted by molar-refractivity contribution is 6.54. The average Bonchev–Trinajstić information content (AvgIpc) is 2.71. The first kappa shape index (κ1) is 18.7. The fourth-order valence-corrected chi connectivity index (χ4v) is 2.11. The molecule has 0 N–H and O–H groups in total. The highest BCUT2D eigenvalue weighted by atomic mass is 19.1. The van der Waals surface area contributed by atoms with Crippen LogP contribution in [0.25, 0.3) is 6.08 Å². The fraction of sp³-hybridized carbons (Fsp3) is 0.444. The van der Waals surface area contributed by atoms with Gasteiger partial charge < -0.3 is 14.0 Å². The Morgan fingerprint density at radius 1 is 1.25 bits per heavy atom. The van der Waals surface area contributed by atoms with Gasteiger partial charge in [0, 0.05) is 7.11 Å². The number of ether oxygens (including phenoxy) is 1. The van der Waals surface area contributed by atoms with Crippen LogP contribution in [0.4, 0.5) is 8.78 Å². The number of rotatable bonds is 3. The molecule has 24 heavy (non-hydrogen) atoms. The van der Waals surface area contributed by atoms with E-state index in [0.29, 0.717) is 5.56 Å². The molecule has 1 aliphatic heterocycles. The van der Waals surface area contributed by atoms with Crippen molar-refractivity contribution < 1.29 is 22.8 Å². The molecule has 0 radical (unpaired) electrons. The third-order valence-corrected chi connectivity index (χ3v) is 4.21. The standard InChI is InChI=1S/C18H21BF2O3/c1-17(2)18(3,4)24-19(23-17)16(21)12-13-8-9-15(20)14(11-13)7-6-10-22-5/h8-9,11-12H,10H2,1-5H3. The molecule has 1 aromatic rings. The Balaban J connectivity index is 2.23. The van der Waals surface area contributed by atoms with Gasteiger partial charge in [0.15, 0.2) is 0 Å². The maximum atomic E-state index is 14.5. The van der Waals surface area contributed by atoms with Gasteiger partial charge in [-0.1, -0.05) is 17.9 Å². The van der Waals surface area contributed by atoms with Crippen LogP contribution in [0.3, 0.4) is 0 Å². The molecule has 0 bridgehead atoms. The van der Waals surface area contributed by atoms with Gasteiger partial charge in [0.25, 0.3) is 0 Å². The number of hydrogen-bond acceptors (Lipinski definition) is 3. The van der Waals surface area contributed by atoms with E-state index >= 15 is 0 Å². The van der Waals surface area contributed by atoms with Crippen molar-refractivity contribution in [2.75, 3.05) is 13.7 Å². The summed E-state index contributed by atoms with van der Waals surface area (Å²) in [7, 11) is 0.424. The maximum Gasteiger partial charge on any atom is 0.525 e. The summed E-state index contributed by atoms with van der Waals surface area (Å²) in [6, 6.07) is 4.20. The number of halogens is 2. The first-order valence-electron chi connectivity index (χ1n) is 7.66. The van der Waals surface area contributed by atoms with Crippen molar-refractivity contribution in [2.24, 2.45) is 0 Å². The molecule has 1 fully saturated rings. The van der Waals surface area contributed by atoms with Crippen molar-refractivity contribution >= 4 is 13.2 Å². The summed E-state index contributed by atoms with van der Waals surface area (Å²) < 4.78 is 44.3. The summed E-state index contributed by atoms with van der Waals surface area (Å²) >= 11 is 0. The van der Waals surface area contributed by atoms with E-state index in [-0.39, 0.29) is 12.2 Å². The monoisotopic (exact) mass is 334 g/mol. The van der Waals surface area contributed by atoms with Gasteiger partial charge in [0.1, 0.15) is 18.2 Å². The van der Waals surface area contributed by atoms with Crippen LogP contribution in [0.2, 0.25) is 0 Å². The van der Waals surface area contributed by atoms with Crippen molar-refractivity contribution in [3.8, 4) is 11.8 Å². The number of methoxy groups -OCH3 is 1. The van der Waals surface area contributed by atoms with Crippen molar-refractivity contribution in [1.29, 1.82) is 0 Å². The van der Waals surface area contributed by atoms with Crippen LogP contribution in [-0.4, -0.2) is 32.0 Å². The molecule has 1 aliphatic rings. The topological polar surface area (TPSA) is 27.7 Å². The van der Waals surface area contributed by atoms with Crippen LogP contribution in [0.5, 0.6) is 0 Å². The molecular formula is C18H21BF2O3. The largest absolute Gasteiger partial charge is 0.525 e. The predicted molar refractivity (Wildman–Crippen MR) is 90.3 cm³/mol. The van der Waals surface area contributed by atoms with E-state index in [2.05, 4.69) is 11.8 Å². The molecule has 6 heteroatoms. The van der Waals surface area contributed by atoms with Gasteiger partial charge in [-0.15, -0.1) is 0 Å². The quantitative estimate of drug-likeness (QED) is 0.622. The van der Waals surface area contributed by atoms with Crippen LogP contribution in [0.1, 0.15) is 38.8 Å². The van der Waals surface area contributed by atoms with Gasteiger partial charge in [-0.2, -0.15) is 0 Å². The lowest BCUT2D eigenvalue weighted by atomic mass is 9.86. The Labute approximate surface area is 142 Å². The SMILES string of the molecule is COCC#Cc1cc(C=C(F)B2OC(C)(C)C(C)(C)O2)ccc1F. The fourth-order valence-electron chi connectivity index (χ4n) is 2.11. The van der Waals surface area contributed by atoms with Gasteiger partial charge in [0.05, 0.1) is 16.8 Å². The molecule has 2 rings (SSSR count). The molecule has 0 aliphatic carbocycles. The summed E-state index contributed by atoms with van der Waals surface area (Å²) in [5.74, 6) is 4.87. The Kier molecular flexibility index (Phi) is 5.49. The molecule has 0 aromatic heterocycles. The lowest BCUT2D eigenvalue weighted by Gasteiger charge is -2.32. The molecule has 1 saturated heterocycles. The minimum Gasteiger partial charge on any atom is -0.398 e. The lowest BCUT2D eigenvalue weighted by molar-refractivity contribution is 0.00578. The summed E-state index contributed by atoms with van der Waals surface area (Å²) in [5.41, 5.74) is -1.16. The summed E-state index contributed by atoms with van der Waals surface area (Å²) in [4.78, 5) is 0. The highest BCUT2D eigenvalue weighted by Crippen LogP contribution is 2.39. The normalized spacial score (nSPS) is 19.1. The Morgan fingerprint density at radius 3 is 2.46 bits per heavy atom. The first-order valence-corrected chi connectivity index (χ1v) is 7.66. The van der Waals surface area contributed by atoms with E-state index in [9.17, 15) is 8.78 Å². The molecule has 1 heterocycles. The zero-order valence-electron chi connectivity index (χ0n) is 14.6. The van der Waals surface area contributed by atoms with Crippen molar-refractivity contribution in [3.63, 3.8) is 0 Å². The second kappa shape index (κ2) is 7.06. The second-order valence-electron chi connectivity index (χ2n) is 6.59. The molecule has 128 valence electrons. The van der Waals surface area contributed by atoms with E-state index in [1.165, 1.54) is 31.4 Å². The van der Waals surface area contributed by atoms with E-state index in [0.717, 1.165) is 0 Å². The molecule has 0 amide bonds. The van der Waals surface area contributed by atoms with E-state index in [1.54, 1.807) is 0 Å². The van der Waals surface area contributed by atoms with Crippen molar-refractivity contribution in [2.45, 2.75) is 38.9 Å². The molecule has 0 spiro atoms. The maximum absolute atomic E-state index is 14.5. The third kappa shape index (κ3) is 4.04. The van der Waals surface area contributed by atoms with Gasteiger partial charge in [-0.25, -0.2) is 8.78 Å². The second-order valence-corrected chi connectivity index (χ2v) is 6.59. The Bertz CT molecular complexity index is 686. The van der Waals surface area contributed by atoms with E-state index < -0.39 is 29.9 Å². The van der Waals surface area contributed by atoms with Crippen LogP contribution in [0, 0.1) is 17.7 Å². The molecule has 3 nitrogen and oxygen atoms in total. The van der Waals surface area contributed by atoms with Crippen LogP contribution in [0.15, 0.2) is 23.9 Å². The van der Waals surface area contributed by atoms with Crippen LogP contribution in [-0.2, 0) is 14.0 Å². The molecule has 0 unspecified atom stereocenters. The van der Waals surface area contributed by atoms with Gasteiger partial charge in [-0.3, -0.25) is 0 Å². The zero-order valence-corrected chi connectivity index (χ0v) is 14.6. The summed E-state index contributed by atoms with van der Waals surface area (Å²) in [5, 5.41) is 0. The Hall–Kier alpha value is -1.68. The first-order chi connectivity index (χ1) is 11.2. The van der Waals surface area contributed by atoms with Gasteiger partial charge >= 0.3 is 7.12 Å². The smallest absolute Gasteiger partial charge is 0.398 e. The van der Waals surface area contributed by atoms with Gasteiger partial charge in [0.2, 0.25) is 0 Å². The van der Waals surface area contributed by atoms with Crippen molar-refractivity contribution in [3.05, 3.63) is 40.9 Å². The minimum absolute atomic E-state index is 0.183. The van der Waals surface area contributed by atoms with Crippen molar-refractivity contribution in [1.82, 2.24) is 0 Å². The van der Waals surface area contributed by atoms with Crippen LogP contribution >= 0.6 is 0 Å². The zero-order chi connectivity index (χ0) is 18.0. The predicted octanol–water partition coefficient (Wildman–Crippen LogP) is 3.77. The summed E-state index contributed by atoms with van der Waals surface area (Å²) in [6.07, 6.45) is 1.27. The van der Waals surface area contributed by atoms with E-state index in [4.69, 9.17) is 14.0 Å². The lowest BCUT2D eigenvalue weighted by Crippen LogP contribution is -2.41. The third-order valence-electron chi connectivity index (χ3n) is 4.21. The van der Waals surface area contributed by atoms with Gasteiger partial charge in [-0.05, 0) is 51.5 Å². The minimum atomic E-state index is -1.08. The summed E-state index contributed by atoms with van der Waals surface area (Å²) in [6.45, 7) is 7.59. The van der Waals surface area contributed by atoms with E-state index in [1.807, 2.05) is 27.7 Å². The highest BCUT2D eigenvalue weighted by Gasteiger charge is 2.53. The molecule has 1 aromatic carbocycles. The number of hydrogen-bond donors (Lipinski definition) is 0. The molecule has 0 saturated carbocycles. The van der Waals surface area contributed by atoms with Crippen LogP contribution < -0.4 is 0 Å².